The number of hydrogen-bond acceptors (Lipinski definition) is 2. The minimum Gasteiger partial charge on any atom is -0.309 e. The van der Waals surface area contributed by atoms with Crippen LogP contribution in [0.15, 0.2) is 242 Å². The predicted octanol–water partition coefficient (Wildman–Crippen LogP) is 15.8. The van der Waals surface area contributed by atoms with Crippen molar-refractivity contribution in [2.45, 2.75) is 18.3 Å². The SMILES string of the molecule is C1=CC2=C(CC1)C(c1ccccc1)(c1ccccc1)c1cccc(-c3cc(-c4ccc(-c5ccc6c(c5)c5ccccc5n6-c5ccccc5)c5ccccc45)nc(-c4ccccc4)n3)c12. The summed E-state index contributed by atoms with van der Waals surface area (Å²) in [4.78, 5) is 10.9. The minimum absolute atomic E-state index is 0.433. The van der Waals surface area contributed by atoms with Gasteiger partial charge in [0, 0.05) is 33.2 Å². The molecule has 0 bridgehead atoms. The summed E-state index contributed by atoms with van der Waals surface area (Å²) in [6.07, 6.45) is 6.71. The predicted molar refractivity (Wildman–Crippen MR) is 274 cm³/mol. The molecule has 11 aromatic rings. The number of nitrogens with zero attached hydrogens (tertiary/aromatic N) is 3. The second-order valence-electron chi connectivity index (χ2n) is 17.5. The molecular weight excluding hydrogens is 799 g/mol. The Hall–Kier alpha value is -8.40. The molecule has 0 aliphatic heterocycles. The molecule has 0 atom stereocenters. The van der Waals surface area contributed by atoms with Gasteiger partial charge in [-0.05, 0) is 105 Å². The van der Waals surface area contributed by atoms with Gasteiger partial charge in [-0.15, -0.1) is 0 Å². The summed E-state index contributed by atoms with van der Waals surface area (Å²) in [6, 6.07) is 81.4. The Morgan fingerprint density at radius 1 is 0.424 bits per heavy atom. The van der Waals surface area contributed by atoms with Gasteiger partial charge in [-0.25, -0.2) is 9.97 Å². The van der Waals surface area contributed by atoms with Crippen molar-refractivity contribution in [1.82, 2.24) is 14.5 Å². The molecule has 0 unspecified atom stereocenters. The van der Waals surface area contributed by atoms with E-state index < -0.39 is 5.41 Å². The third-order valence-electron chi connectivity index (χ3n) is 14.0. The van der Waals surface area contributed by atoms with E-state index in [-0.39, 0.29) is 0 Å². The van der Waals surface area contributed by atoms with Gasteiger partial charge in [0.25, 0.3) is 0 Å². The molecule has 3 nitrogen and oxygen atoms in total. The average Bonchev–Trinajstić information content (AvgIpc) is 3.90. The topological polar surface area (TPSA) is 30.7 Å². The summed E-state index contributed by atoms with van der Waals surface area (Å²) in [5.74, 6) is 0.706. The summed E-state index contributed by atoms with van der Waals surface area (Å²) in [6.45, 7) is 0. The summed E-state index contributed by atoms with van der Waals surface area (Å²) in [7, 11) is 0. The van der Waals surface area contributed by atoms with Gasteiger partial charge < -0.3 is 4.57 Å². The number of hydrogen-bond donors (Lipinski definition) is 0. The smallest absolute Gasteiger partial charge is 0.160 e. The van der Waals surface area contributed by atoms with Crippen molar-refractivity contribution < 1.29 is 0 Å². The first-order valence-corrected chi connectivity index (χ1v) is 23.0. The van der Waals surface area contributed by atoms with Crippen LogP contribution < -0.4 is 0 Å². The van der Waals surface area contributed by atoms with E-state index in [1.54, 1.807) is 0 Å². The van der Waals surface area contributed by atoms with Crippen LogP contribution in [0.5, 0.6) is 0 Å². The molecule has 0 N–H and O–H groups in total. The normalized spacial score (nSPS) is 13.9. The molecule has 0 fully saturated rings. The van der Waals surface area contributed by atoms with Crippen LogP contribution in [0.3, 0.4) is 0 Å². The zero-order chi connectivity index (χ0) is 43.6. The van der Waals surface area contributed by atoms with Gasteiger partial charge in [-0.3, -0.25) is 0 Å². The molecule has 66 heavy (non-hydrogen) atoms. The summed E-state index contributed by atoms with van der Waals surface area (Å²) >= 11 is 0. The fraction of sp³-hybridized carbons (Fsp3) is 0.0476. The van der Waals surface area contributed by atoms with E-state index in [0.29, 0.717) is 5.82 Å². The maximum absolute atomic E-state index is 5.47. The maximum atomic E-state index is 5.47. The van der Waals surface area contributed by atoms with E-state index in [1.165, 1.54) is 71.7 Å². The van der Waals surface area contributed by atoms with E-state index in [4.69, 9.17) is 9.97 Å². The first kappa shape index (κ1) is 38.1. The van der Waals surface area contributed by atoms with E-state index in [1.807, 2.05) is 0 Å². The standard InChI is InChI=1S/C63H43N3/c1-5-20-42(21-6-1)62-64-57(41-58(65-62)53-32-19-34-56-61(53)52-31-15-17-33-55(52)63(56,44-22-7-2-8-23-44)45-24-9-3-10-25-45)50-38-37-47(48-28-13-14-29-49(48)50)43-36-39-60-54(40-43)51-30-16-18-35-59(51)66(60)46-26-11-4-12-27-46/h1-16,18-32,34-41H,17,33H2. The average molecular weight is 842 g/mol. The van der Waals surface area contributed by atoms with Crippen LogP contribution in [-0.2, 0) is 5.41 Å². The van der Waals surface area contributed by atoms with Crippen molar-refractivity contribution in [3.63, 3.8) is 0 Å². The summed E-state index contributed by atoms with van der Waals surface area (Å²) in [5.41, 5.74) is 18.3. The number of para-hydroxylation sites is 2. The zero-order valence-electron chi connectivity index (χ0n) is 36.3. The van der Waals surface area contributed by atoms with Crippen LogP contribution in [0.25, 0.3) is 88.9 Å². The van der Waals surface area contributed by atoms with Crippen LogP contribution in [-0.4, -0.2) is 14.5 Å². The Labute approximate surface area is 384 Å². The van der Waals surface area contributed by atoms with Gasteiger partial charge in [-0.1, -0.05) is 200 Å². The van der Waals surface area contributed by atoms with Gasteiger partial charge in [0.15, 0.2) is 5.82 Å². The lowest BCUT2D eigenvalue weighted by Crippen LogP contribution is -2.30. The van der Waals surface area contributed by atoms with Gasteiger partial charge in [0.05, 0.1) is 27.8 Å². The van der Waals surface area contributed by atoms with Crippen molar-refractivity contribution >= 4 is 38.2 Å². The number of allylic oxidation sites excluding steroid dienone is 4. The van der Waals surface area contributed by atoms with Crippen LogP contribution in [0, 0.1) is 0 Å². The van der Waals surface area contributed by atoms with E-state index >= 15 is 0 Å². The Balaban J connectivity index is 1.01. The third kappa shape index (κ3) is 5.83. The molecule has 9 aromatic carbocycles. The van der Waals surface area contributed by atoms with Crippen molar-refractivity contribution in [3.05, 3.63) is 264 Å². The number of rotatable bonds is 7. The van der Waals surface area contributed by atoms with Crippen LogP contribution in [0.1, 0.15) is 35.1 Å². The quantitative estimate of drug-likeness (QED) is 0.160. The molecule has 3 heteroatoms. The summed E-state index contributed by atoms with van der Waals surface area (Å²) in [5, 5.41) is 4.81. The monoisotopic (exact) mass is 841 g/mol. The zero-order valence-corrected chi connectivity index (χ0v) is 36.3. The molecule has 0 saturated carbocycles. The van der Waals surface area contributed by atoms with E-state index in [9.17, 15) is 0 Å². The second kappa shape index (κ2) is 15.4. The van der Waals surface area contributed by atoms with Crippen molar-refractivity contribution in [2.75, 3.05) is 0 Å². The molecule has 0 spiro atoms. The van der Waals surface area contributed by atoms with Gasteiger partial charge in [0.2, 0.25) is 0 Å². The number of fused-ring (bicyclic) bond motifs is 6. The first-order valence-electron chi connectivity index (χ1n) is 23.0. The molecule has 2 heterocycles. The molecule has 0 radical (unpaired) electrons. The fourth-order valence-corrected chi connectivity index (χ4v) is 11.2. The van der Waals surface area contributed by atoms with Crippen molar-refractivity contribution in [1.29, 1.82) is 0 Å². The van der Waals surface area contributed by atoms with Crippen molar-refractivity contribution in [3.8, 4) is 50.7 Å². The Bertz CT molecular complexity index is 3690. The van der Waals surface area contributed by atoms with Crippen molar-refractivity contribution in [2.24, 2.45) is 0 Å². The molecule has 13 rings (SSSR count). The fourth-order valence-electron chi connectivity index (χ4n) is 11.2. The van der Waals surface area contributed by atoms with Gasteiger partial charge >= 0.3 is 0 Å². The second-order valence-corrected chi connectivity index (χ2v) is 17.5. The van der Waals surface area contributed by atoms with Crippen LogP contribution in [0.2, 0.25) is 0 Å². The lowest BCUT2D eigenvalue weighted by Gasteiger charge is -2.36. The minimum atomic E-state index is -0.433. The van der Waals surface area contributed by atoms with E-state index in [0.717, 1.165) is 52.0 Å². The summed E-state index contributed by atoms with van der Waals surface area (Å²) < 4.78 is 2.37. The highest BCUT2D eigenvalue weighted by Gasteiger charge is 2.48. The molecule has 2 aliphatic rings. The lowest BCUT2D eigenvalue weighted by molar-refractivity contribution is 0.696. The molecular formula is C63H43N3. The van der Waals surface area contributed by atoms with E-state index in [2.05, 4.69) is 241 Å². The molecule has 0 amide bonds. The van der Waals surface area contributed by atoms with Gasteiger partial charge in [-0.2, -0.15) is 0 Å². The van der Waals surface area contributed by atoms with Gasteiger partial charge in [0.1, 0.15) is 0 Å². The maximum Gasteiger partial charge on any atom is 0.160 e. The van der Waals surface area contributed by atoms with Crippen LogP contribution >= 0.6 is 0 Å². The van der Waals surface area contributed by atoms with Crippen LogP contribution in [0.4, 0.5) is 0 Å². The third-order valence-corrected chi connectivity index (χ3v) is 14.0. The molecule has 0 saturated heterocycles. The highest BCUT2D eigenvalue weighted by Crippen LogP contribution is 2.59. The number of aromatic nitrogens is 3. The Morgan fingerprint density at radius 3 is 1.74 bits per heavy atom. The highest BCUT2D eigenvalue weighted by atomic mass is 15.0. The number of benzene rings is 9. The first-order chi connectivity index (χ1) is 32.8. The lowest BCUT2D eigenvalue weighted by atomic mass is 9.65. The molecule has 2 aromatic heterocycles. The highest BCUT2D eigenvalue weighted by molar-refractivity contribution is 6.12. The Morgan fingerprint density at radius 2 is 1.02 bits per heavy atom. The molecule has 2 aliphatic carbocycles. The Kier molecular flexibility index (Phi) is 8.89. The molecule has 310 valence electrons. The largest absolute Gasteiger partial charge is 0.309 e.